The molecule has 0 unspecified atom stereocenters. The largest absolute Gasteiger partial charge is 0.457 e. The summed E-state index contributed by atoms with van der Waals surface area (Å²) >= 11 is 0. The molecule has 4 nitrogen and oxygen atoms in total. The number of fused-ring (bicyclic) bond motifs is 6. The number of ether oxygens (including phenoxy) is 1. The van der Waals surface area contributed by atoms with Crippen LogP contribution >= 0.6 is 0 Å². The second kappa shape index (κ2) is 12.3. The average molecular weight is 685 g/mol. The summed E-state index contributed by atoms with van der Waals surface area (Å²) < 4.78 is 13.2. The maximum absolute atomic E-state index is 6.62. The Bertz CT molecular complexity index is 2690. The predicted octanol–water partition coefficient (Wildman–Crippen LogP) is 9.60. The average Bonchev–Trinajstić information content (AvgIpc) is 3.60. The fourth-order valence-electron chi connectivity index (χ4n) is 8.12. The zero-order chi connectivity index (χ0) is 34.5. The minimum absolute atomic E-state index is 0.754. The number of pyridine rings is 1. The molecule has 0 saturated heterocycles. The summed E-state index contributed by atoms with van der Waals surface area (Å²) in [4.78, 5) is 6.96. The highest BCUT2D eigenvalue weighted by atomic mass is 28.3. The number of anilines is 3. The van der Waals surface area contributed by atoms with Gasteiger partial charge >= 0.3 is 0 Å². The molecule has 246 valence electrons. The molecule has 0 amide bonds. The maximum Gasteiger partial charge on any atom is 0.185 e. The fraction of sp³-hybridized carbons (Fsp3) is 0. The van der Waals surface area contributed by atoms with Crippen molar-refractivity contribution in [3.8, 4) is 22.8 Å². The first kappa shape index (κ1) is 30.2. The van der Waals surface area contributed by atoms with E-state index in [1.165, 1.54) is 26.1 Å². The molecule has 0 saturated carbocycles. The van der Waals surface area contributed by atoms with E-state index in [0.717, 1.165) is 56.4 Å². The van der Waals surface area contributed by atoms with E-state index in [9.17, 15) is 0 Å². The molecule has 0 atom stereocenters. The second-order valence-electron chi connectivity index (χ2n) is 13.1. The lowest BCUT2D eigenvalue weighted by Gasteiger charge is -2.45. The standard InChI is InChI=1S/C47H32N2O2Si/c1-3-19-37(20-4-1)52(38-21-5-2-6-22-38)45-27-10-8-25-41(45)49(42-28-29-44-46(47(42)52)39-23-7-9-26-43(39)51-44)34-16-14-18-36(32-34)50-35-17-13-15-33(31-35)40-24-11-12-30-48-40/h1-32H. The summed E-state index contributed by atoms with van der Waals surface area (Å²) in [5.74, 6) is 1.51. The first-order chi connectivity index (χ1) is 25.8. The van der Waals surface area contributed by atoms with Gasteiger partial charge in [-0.25, -0.2) is 0 Å². The van der Waals surface area contributed by atoms with Crippen molar-refractivity contribution in [3.05, 3.63) is 194 Å². The van der Waals surface area contributed by atoms with Crippen LogP contribution in [0.5, 0.6) is 11.5 Å². The Balaban J connectivity index is 1.23. The van der Waals surface area contributed by atoms with Crippen molar-refractivity contribution in [2.24, 2.45) is 0 Å². The molecule has 0 bridgehead atoms. The SMILES string of the molecule is c1ccc([Si]2(c3ccccc3)c3ccccc3N(c3cccc(Oc4cccc(-c5ccccn5)c4)c3)c3ccc4oc5ccccc5c4c32)cc1. The summed E-state index contributed by atoms with van der Waals surface area (Å²) in [6, 6.07) is 66.5. The van der Waals surface area contributed by atoms with Gasteiger partial charge < -0.3 is 14.1 Å². The Labute approximate surface area is 302 Å². The molecular weight excluding hydrogens is 653 g/mol. The minimum Gasteiger partial charge on any atom is -0.457 e. The van der Waals surface area contributed by atoms with E-state index in [1.54, 1.807) is 0 Å². The van der Waals surface area contributed by atoms with Gasteiger partial charge in [0.05, 0.1) is 5.69 Å². The highest BCUT2D eigenvalue weighted by molar-refractivity contribution is 7.22. The van der Waals surface area contributed by atoms with Crippen LogP contribution in [-0.4, -0.2) is 13.1 Å². The van der Waals surface area contributed by atoms with Crippen LogP contribution in [0.1, 0.15) is 0 Å². The van der Waals surface area contributed by atoms with Gasteiger partial charge in [0.15, 0.2) is 8.07 Å². The maximum atomic E-state index is 6.62. The smallest absolute Gasteiger partial charge is 0.185 e. The van der Waals surface area contributed by atoms with Crippen LogP contribution in [0.15, 0.2) is 199 Å². The molecule has 52 heavy (non-hydrogen) atoms. The van der Waals surface area contributed by atoms with Crippen molar-refractivity contribution in [1.82, 2.24) is 4.98 Å². The van der Waals surface area contributed by atoms with E-state index in [2.05, 4.69) is 155 Å². The van der Waals surface area contributed by atoms with Crippen molar-refractivity contribution in [2.75, 3.05) is 4.90 Å². The Kier molecular flexibility index (Phi) is 7.11. The number of nitrogens with zero attached hydrogens (tertiary/aromatic N) is 2. The van der Waals surface area contributed by atoms with Gasteiger partial charge in [0.1, 0.15) is 22.7 Å². The number of hydrogen-bond donors (Lipinski definition) is 0. The van der Waals surface area contributed by atoms with Gasteiger partial charge in [-0.3, -0.25) is 4.98 Å². The molecule has 3 heterocycles. The second-order valence-corrected chi connectivity index (χ2v) is 16.8. The van der Waals surface area contributed by atoms with E-state index in [-0.39, 0.29) is 0 Å². The molecule has 5 heteroatoms. The van der Waals surface area contributed by atoms with Crippen molar-refractivity contribution in [3.63, 3.8) is 0 Å². The number of para-hydroxylation sites is 2. The van der Waals surface area contributed by atoms with Gasteiger partial charge in [0.2, 0.25) is 0 Å². The van der Waals surface area contributed by atoms with Crippen LogP contribution < -0.4 is 30.4 Å². The normalized spacial score (nSPS) is 13.1. The topological polar surface area (TPSA) is 38.5 Å². The predicted molar refractivity (Wildman–Crippen MR) is 215 cm³/mol. The molecule has 1 aliphatic heterocycles. The van der Waals surface area contributed by atoms with Crippen LogP contribution in [0.2, 0.25) is 0 Å². The summed E-state index contributed by atoms with van der Waals surface area (Å²) in [6.45, 7) is 0. The lowest BCUT2D eigenvalue weighted by Crippen LogP contribution is -2.77. The molecule has 0 fully saturated rings. The minimum atomic E-state index is -2.95. The highest BCUT2D eigenvalue weighted by Gasteiger charge is 2.50. The van der Waals surface area contributed by atoms with E-state index in [1.807, 2.05) is 48.7 Å². The Morgan fingerprint density at radius 1 is 0.519 bits per heavy atom. The summed E-state index contributed by atoms with van der Waals surface area (Å²) in [5, 5.41) is 7.61. The van der Waals surface area contributed by atoms with E-state index in [4.69, 9.17) is 9.15 Å². The van der Waals surface area contributed by atoms with E-state index in [0.29, 0.717) is 0 Å². The third-order valence-electron chi connectivity index (χ3n) is 10.2. The van der Waals surface area contributed by atoms with Gasteiger partial charge in [-0.2, -0.15) is 0 Å². The van der Waals surface area contributed by atoms with Crippen molar-refractivity contribution in [1.29, 1.82) is 0 Å². The molecule has 7 aromatic carbocycles. The van der Waals surface area contributed by atoms with Gasteiger partial charge in [-0.05, 0) is 81.4 Å². The Morgan fingerprint density at radius 2 is 1.21 bits per heavy atom. The number of rotatable bonds is 6. The molecule has 1 aliphatic rings. The third-order valence-corrected chi connectivity index (χ3v) is 15.1. The van der Waals surface area contributed by atoms with E-state index < -0.39 is 8.07 Å². The van der Waals surface area contributed by atoms with Crippen LogP contribution in [0.3, 0.4) is 0 Å². The molecule has 0 aliphatic carbocycles. The zero-order valence-electron chi connectivity index (χ0n) is 28.2. The summed E-state index contributed by atoms with van der Waals surface area (Å²) in [6.07, 6.45) is 1.81. The van der Waals surface area contributed by atoms with Crippen molar-refractivity contribution < 1.29 is 9.15 Å². The Morgan fingerprint density at radius 3 is 2.00 bits per heavy atom. The lowest BCUT2D eigenvalue weighted by molar-refractivity contribution is 0.483. The number of furan rings is 1. The molecule has 0 spiro atoms. The number of aromatic nitrogens is 1. The third kappa shape index (κ3) is 4.71. The van der Waals surface area contributed by atoms with Crippen LogP contribution in [0.25, 0.3) is 33.2 Å². The Hall–Kier alpha value is -6.69. The first-order valence-corrected chi connectivity index (χ1v) is 19.5. The van der Waals surface area contributed by atoms with Crippen LogP contribution in [-0.2, 0) is 0 Å². The van der Waals surface area contributed by atoms with Gasteiger partial charge in [-0.1, -0.05) is 121 Å². The van der Waals surface area contributed by atoms with Crippen molar-refractivity contribution in [2.45, 2.75) is 0 Å². The lowest BCUT2D eigenvalue weighted by atomic mass is 10.1. The molecule has 9 aromatic rings. The quantitative estimate of drug-likeness (QED) is 0.164. The highest BCUT2D eigenvalue weighted by Crippen LogP contribution is 2.43. The molecule has 2 aromatic heterocycles. The monoisotopic (exact) mass is 684 g/mol. The first-order valence-electron chi connectivity index (χ1n) is 17.5. The molecule has 10 rings (SSSR count). The molecule has 0 radical (unpaired) electrons. The van der Waals surface area contributed by atoms with Gasteiger partial charge in [0, 0.05) is 45.7 Å². The van der Waals surface area contributed by atoms with Gasteiger partial charge in [-0.15, -0.1) is 0 Å². The van der Waals surface area contributed by atoms with E-state index >= 15 is 0 Å². The van der Waals surface area contributed by atoms with Crippen molar-refractivity contribution >= 4 is 67.8 Å². The van der Waals surface area contributed by atoms with Crippen LogP contribution in [0.4, 0.5) is 17.1 Å². The molecular formula is C47H32N2O2Si. The number of benzene rings is 7. The van der Waals surface area contributed by atoms with Gasteiger partial charge in [0.25, 0.3) is 0 Å². The number of hydrogen-bond acceptors (Lipinski definition) is 4. The zero-order valence-corrected chi connectivity index (χ0v) is 29.2. The van der Waals surface area contributed by atoms with Crippen LogP contribution in [0, 0.1) is 0 Å². The fourth-order valence-corrected chi connectivity index (χ4v) is 13.4. The summed E-state index contributed by atoms with van der Waals surface area (Å²) in [5.41, 5.74) is 7.03. The molecule has 0 N–H and O–H groups in total. The summed E-state index contributed by atoms with van der Waals surface area (Å²) in [7, 11) is -2.95.